The van der Waals surface area contributed by atoms with Gasteiger partial charge in [0.15, 0.2) is 5.82 Å². The molecule has 0 aliphatic heterocycles. The average Bonchev–Trinajstić information content (AvgIpc) is 2.78. The maximum Gasteiger partial charge on any atom is 0.224 e. The van der Waals surface area contributed by atoms with Crippen molar-refractivity contribution >= 4 is 34.4 Å². The second kappa shape index (κ2) is 4.89. The Morgan fingerprint density at radius 1 is 1.47 bits per heavy atom. The summed E-state index contributed by atoms with van der Waals surface area (Å²) in [5.74, 6) is 0.584. The van der Waals surface area contributed by atoms with E-state index in [1.165, 1.54) is 5.56 Å². The van der Waals surface area contributed by atoms with E-state index in [2.05, 4.69) is 26.7 Å². The molecule has 17 heavy (non-hydrogen) atoms. The van der Waals surface area contributed by atoms with Crippen LogP contribution < -0.4 is 11.1 Å². The fraction of sp³-hybridized carbons (Fsp3) is 0.273. The average molecular weight is 269 g/mol. The molecular weight excluding hydrogens is 256 g/mol. The molecule has 0 saturated heterocycles. The van der Waals surface area contributed by atoms with Gasteiger partial charge in [-0.3, -0.25) is 0 Å². The third-order valence-corrected chi connectivity index (χ3v) is 3.38. The first-order valence-electron chi connectivity index (χ1n) is 5.16. The van der Waals surface area contributed by atoms with E-state index in [0.717, 1.165) is 0 Å². The van der Waals surface area contributed by atoms with Crippen LogP contribution in [0.5, 0.6) is 0 Å². The third-order valence-electron chi connectivity index (χ3n) is 2.51. The van der Waals surface area contributed by atoms with Crippen LogP contribution in [0.15, 0.2) is 16.8 Å². The molecule has 0 aromatic carbocycles. The van der Waals surface area contributed by atoms with Crippen LogP contribution in [0, 0.1) is 6.92 Å². The third kappa shape index (κ3) is 2.68. The quantitative estimate of drug-likeness (QED) is 0.839. The van der Waals surface area contributed by atoms with Gasteiger partial charge in [-0.1, -0.05) is 0 Å². The number of anilines is 2. The first kappa shape index (κ1) is 12.1. The Labute approximate surface area is 109 Å². The lowest BCUT2D eigenvalue weighted by Crippen LogP contribution is -2.11. The van der Waals surface area contributed by atoms with Gasteiger partial charge in [-0.15, -0.1) is 0 Å². The van der Waals surface area contributed by atoms with Crippen LogP contribution >= 0.6 is 22.9 Å². The second-order valence-corrected chi connectivity index (χ2v) is 4.88. The van der Waals surface area contributed by atoms with E-state index in [0.29, 0.717) is 17.2 Å². The van der Waals surface area contributed by atoms with Gasteiger partial charge in [0.25, 0.3) is 0 Å². The molecule has 2 aromatic rings. The number of thiophene rings is 1. The van der Waals surface area contributed by atoms with Crippen LogP contribution in [0.3, 0.4) is 0 Å². The van der Waals surface area contributed by atoms with Crippen LogP contribution in [-0.4, -0.2) is 9.97 Å². The molecule has 90 valence electrons. The van der Waals surface area contributed by atoms with Crippen molar-refractivity contribution in [3.05, 3.63) is 33.4 Å². The largest absolute Gasteiger partial charge is 0.394 e. The molecule has 1 unspecified atom stereocenters. The van der Waals surface area contributed by atoms with Crippen molar-refractivity contribution in [3.8, 4) is 0 Å². The summed E-state index contributed by atoms with van der Waals surface area (Å²) in [6.07, 6.45) is 0. The Morgan fingerprint density at radius 2 is 2.24 bits per heavy atom. The zero-order valence-corrected chi connectivity index (χ0v) is 11.1. The van der Waals surface area contributed by atoms with Crippen LogP contribution in [0.2, 0.25) is 5.28 Å². The number of nitrogen functional groups attached to an aromatic ring is 1. The van der Waals surface area contributed by atoms with E-state index in [-0.39, 0.29) is 11.3 Å². The van der Waals surface area contributed by atoms with Crippen molar-refractivity contribution in [3.63, 3.8) is 0 Å². The van der Waals surface area contributed by atoms with Crippen LogP contribution in [0.4, 0.5) is 11.5 Å². The summed E-state index contributed by atoms with van der Waals surface area (Å²) < 4.78 is 0. The van der Waals surface area contributed by atoms with E-state index in [9.17, 15) is 0 Å². The molecule has 0 saturated carbocycles. The summed E-state index contributed by atoms with van der Waals surface area (Å²) in [7, 11) is 0. The molecule has 2 rings (SSSR count). The van der Waals surface area contributed by atoms with Crippen molar-refractivity contribution in [2.75, 3.05) is 11.1 Å². The zero-order chi connectivity index (χ0) is 12.4. The highest BCUT2D eigenvalue weighted by Crippen LogP contribution is 2.26. The minimum absolute atomic E-state index is 0.133. The maximum atomic E-state index is 5.91. The fourth-order valence-electron chi connectivity index (χ4n) is 1.47. The topological polar surface area (TPSA) is 63.8 Å². The number of aromatic nitrogens is 2. The van der Waals surface area contributed by atoms with E-state index < -0.39 is 0 Å². The molecule has 3 N–H and O–H groups in total. The monoisotopic (exact) mass is 268 g/mol. The summed E-state index contributed by atoms with van der Waals surface area (Å²) in [4.78, 5) is 8.10. The van der Waals surface area contributed by atoms with Gasteiger partial charge < -0.3 is 11.1 Å². The smallest absolute Gasteiger partial charge is 0.224 e. The van der Waals surface area contributed by atoms with Crippen molar-refractivity contribution in [2.24, 2.45) is 0 Å². The fourth-order valence-corrected chi connectivity index (χ4v) is 2.43. The van der Waals surface area contributed by atoms with Crippen molar-refractivity contribution in [1.29, 1.82) is 0 Å². The first-order valence-corrected chi connectivity index (χ1v) is 6.48. The predicted octanol–water partition coefficient (Wildman–Crippen LogP) is 3.26. The molecule has 0 bridgehead atoms. The Hall–Kier alpha value is -1.33. The number of halogens is 1. The number of hydrogen-bond donors (Lipinski definition) is 2. The first-order chi connectivity index (χ1) is 8.08. The van der Waals surface area contributed by atoms with Crippen molar-refractivity contribution < 1.29 is 0 Å². The number of rotatable bonds is 3. The number of nitrogens with zero attached hydrogens (tertiary/aromatic N) is 2. The number of nitrogens with one attached hydrogen (secondary N) is 1. The van der Waals surface area contributed by atoms with Gasteiger partial charge in [0.1, 0.15) is 0 Å². The SMILES string of the molecule is Cc1nc(Cl)nc(NC(C)c2ccsc2)c1N. The molecule has 0 aliphatic rings. The predicted molar refractivity (Wildman–Crippen MR) is 72.5 cm³/mol. The Kier molecular flexibility index (Phi) is 3.49. The van der Waals surface area contributed by atoms with Gasteiger partial charge in [-0.25, -0.2) is 4.98 Å². The Morgan fingerprint density at radius 3 is 2.88 bits per heavy atom. The van der Waals surface area contributed by atoms with Crippen molar-refractivity contribution in [2.45, 2.75) is 19.9 Å². The summed E-state index contributed by atoms with van der Waals surface area (Å²) in [5, 5.41) is 7.57. The van der Waals surface area contributed by atoms with Gasteiger partial charge in [-0.05, 0) is 47.8 Å². The number of nitrogens with two attached hydrogens (primary N) is 1. The molecule has 0 amide bonds. The van der Waals surface area contributed by atoms with Crippen molar-refractivity contribution in [1.82, 2.24) is 9.97 Å². The summed E-state index contributed by atoms with van der Waals surface area (Å²) in [5.41, 5.74) is 8.33. The second-order valence-electron chi connectivity index (χ2n) is 3.76. The van der Waals surface area contributed by atoms with Crippen LogP contribution in [-0.2, 0) is 0 Å². The number of aryl methyl sites for hydroxylation is 1. The summed E-state index contributed by atoms with van der Waals surface area (Å²) in [6.45, 7) is 3.86. The number of hydrogen-bond acceptors (Lipinski definition) is 5. The molecule has 0 spiro atoms. The lowest BCUT2D eigenvalue weighted by Gasteiger charge is -2.15. The molecule has 0 radical (unpaired) electrons. The molecule has 6 heteroatoms. The molecule has 4 nitrogen and oxygen atoms in total. The molecule has 1 atom stereocenters. The molecule has 2 aromatic heterocycles. The van der Waals surface area contributed by atoms with Gasteiger partial charge in [-0.2, -0.15) is 16.3 Å². The normalized spacial score (nSPS) is 12.4. The van der Waals surface area contributed by atoms with Gasteiger partial charge in [0.2, 0.25) is 5.28 Å². The Balaban J connectivity index is 2.24. The van der Waals surface area contributed by atoms with Gasteiger partial charge >= 0.3 is 0 Å². The molecule has 2 heterocycles. The summed E-state index contributed by atoms with van der Waals surface area (Å²) in [6, 6.07) is 2.20. The highest BCUT2D eigenvalue weighted by atomic mass is 35.5. The van der Waals surface area contributed by atoms with Crippen LogP contribution in [0.1, 0.15) is 24.2 Å². The standard InChI is InChI=1S/C11H13ClN4S/c1-6(8-3-4-17-5-8)14-10-9(13)7(2)15-11(12)16-10/h3-6H,13H2,1-2H3,(H,14,15,16). The van der Waals surface area contributed by atoms with E-state index in [4.69, 9.17) is 17.3 Å². The molecule has 0 fully saturated rings. The zero-order valence-electron chi connectivity index (χ0n) is 9.57. The Bertz CT molecular complexity index is 512. The van der Waals surface area contributed by atoms with E-state index in [1.54, 1.807) is 11.3 Å². The highest BCUT2D eigenvalue weighted by molar-refractivity contribution is 7.07. The van der Waals surface area contributed by atoms with Gasteiger partial charge in [0, 0.05) is 0 Å². The maximum absolute atomic E-state index is 5.91. The van der Waals surface area contributed by atoms with E-state index >= 15 is 0 Å². The highest BCUT2D eigenvalue weighted by Gasteiger charge is 2.11. The molecule has 0 aliphatic carbocycles. The lowest BCUT2D eigenvalue weighted by molar-refractivity contribution is 0.876. The van der Waals surface area contributed by atoms with Crippen LogP contribution in [0.25, 0.3) is 0 Å². The summed E-state index contributed by atoms with van der Waals surface area (Å²) >= 11 is 7.47. The van der Waals surface area contributed by atoms with E-state index in [1.807, 2.05) is 19.2 Å². The van der Waals surface area contributed by atoms with Gasteiger partial charge in [0.05, 0.1) is 17.4 Å². The molecular formula is C11H13ClN4S. The minimum Gasteiger partial charge on any atom is -0.394 e. The lowest BCUT2D eigenvalue weighted by atomic mass is 10.2. The minimum atomic E-state index is 0.133.